The summed E-state index contributed by atoms with van der Waals surface area (Å²) in [7, 11) is 1.88. The van der Waals surface area contributed by atoms with E-state index in [4.69, 9.17) is 34.6 Å². The van der Waals surface area contributed by atoms with Gasteiger partial charge in [0.2, 0.25) is 71.3 Å². The van der Waals surface area contributed by atoms with E-state index in [-0.39, 0.29) is 43.1 Å². The third kappa shape index (κ3) is 23.2. The van der Waals surface area contributed by atoms with Crippen LogP contribution in [0.4, 0.5) is 13.2 Å². The molecule has 11 amide bonds. The highest BCUT2D eigenvalue weighted by Crippen LogP contribution is 2.26. The van der Waals surface area contributed by atoms with Gasteiger partial charge in [-0.2, -0.15) is 13.2 Å². The fraction of sp³-hybridized carbons (Fsp3) is 0.600. The van der Waals surface area contributed by atoms with Crippen LogP contribution in [-0.2, 0) is 64.0 Å². The van der Waals surface area contributed by atoms with E-state index in [1.54, 1.807) is 19.2 Å². The van der Waals surface area contributed by atoms with E-state index in [1.165, 1.54) is 31.2 Å². The molecule has 418 valence electrons. The molecule has 3 rings (SSSR count). The molecule has 2 heterocycles. The molecule has 30 heteroatoms. The molecule has 0 saturated carbocycles. The molecule has 2 fully saturated rings. The standard InChI is InChI=1S/C43H66N12O12S2.C2HF3O/c1-5-22(4)35-42(66)49-26(12-13-32(45)57)38(62)51-29(17-33(46)58)39(63)53-30(20-69-68-19-25(44)36(60)50-28(40(64)54-35)16-23-8-10-24(56)11-9-23)43(67)55-14-6-7-31(55)41(65)52-27(15-21(2)3)37(61)48-18-34(47)59;3-2(4,5)1-6/h8-11,21-22,25-31,35,56H,5-7,12-20,44H2,1-4H3,(H2,45,57)(H2,46,58)(H2,47,59)(H,48,61)(H,49,66)(H,50,60)(H,51,62)(H,52,65)(H,53,63)(H,54,64);1H/t22-,25-,26-,27+,28-,29-,30?,31-,35-;/m0./s1/i2D3,18D2;/t21?,22-,25-,26-,27+,28-,29-,30?,31-,35-;. The van der Waals surface area contributed by atoms with Gasteiger partial charge in [0.25, 0.3) is 0 Å². The number of rotatable bonds is 17. The topological polar surface area (TPSA) is 417 Å². The number of nitrogens with zero attached hydrogens (tertiary/aromatic N) is 1. The quantitative estimate of drug-likeness (QED) is 0.0551. The van der Waals surface area contributed by atoms with Crippen LogP contribution >= 0.6 is 21.6 Å². The summed E-state index contributed by atoms with van der Waals surface area (Å²) in [6, 6.07) is -6.54. The molecule has 0 spiro atoms. The Morgan fingerprint density at radius 2 is 1.45 bits per heavy atom. The lowest BCUT2D eigenvalue weighted by Gasteiger charge is -2.31. The zero-order chi connectivity index (χ0) is 61.0. The van der Waals surface area contributed by atoms with Crippen molar-refractivity contribution in [1.82, 2.24) is 42.1 Å². The number of hydrogen-bond donors (Lipinski definition) is 12. The molecule has 2 unspecified atom stereocenters. The number of phenolic OH excluding ortho intramolecular Hbond substituents is 1. The fourth-order valence-electron chi connectivity index (χ4n) is 7.14. The third-order valence-corrected chi connectivity index (χ3v) is 13.6. The summed E-state index contributed by atoms with van der Waals surface area (Å²) in [6.45, 7) is -1.30. The summed E-state index contributed by atoms with van der Waals surface area (Å²) in [5, 5.41) is 26.5. The maximum Gasteiger partial charge on any atom is 0.446 e. The van der Waals surface area contributed by atoms with Crippen molar-refractivity contribution in [3.8, 4) is 5.75 Å². The zero-order valence-electron chi connectivity index (χ0n) is 46.0. The Balaban J connectivity index is 0.00000344. The Morgan fingerprint density at radius 1 is 0.867 bits per heavy atom. The monoisotopic (exact) mass is 1110 g/mol. The van der Waals surface area contributed by atoms with Crippen LogP contribution < -0.4 is 60.2 Å². The Hall–Kier alpha value is -6.69. The molecular formula is C45H67F3N12O13S2. The van der Waals surface area contributed by atoms with Crippen LogP contribution in [0, 0.1) is 11.8 Å². The minimum Gasteiger partial charge on any atom is -0.508 e. The first-order chi connectivity index (χ1) is 37.0. The van der Waals surface area contributed by atoms with Crippen LogP contribution in [0.2, 0.25) is 0 Å². The Kier molecular flexibility index (Phi) is 23.4. The number of nitrogens with two attached hydrogens (primary N) is 4. The molecule has 75 heavy (non-hydrogen) atoms. The first kappa shape index (κ1) is 56.0. The number of carbonyl (C=O) groups excluding carboxylic acids is 12. The van der Waals surface area contributed by atoms with Crippen LogP contribution in [0.1, 0.15) is 85.0 Å². The van der Waals surface area contributed by atoms with Crippen molar-refractivity contribution in [1.29, 1.82) is 0 Å². The number of aromatic hydroxyl groups is 1. The van der Waals surface area contributed by atoms with Crippen molar-refractivity contribution >= 4 is 92.9 Å². The van der Waals surface area contributed by atoms with Crippen molar-refractivity contribution in [2.24, 2.45) is 34.8 Å². The zero-order valence-corrected chi connectivity index (χ0v) is 42.6. The molecule has 0 bridgehead atoms. The van der Waals surface area contributed by atoms with Gasteiger partial charge in [0.1, 0.15) is 48.0 Å². The second-order valence-electron chi connectivity index (χ2n) is 17.4. The number of benzene rings is 1. The Bertz CT molecular complexity index is 2420. The summed E-state index contributed by atoms with van der Waals surface area (Å²) in [5.41, 5.74) is 22.7. The first-order valence-electron chi connectivity index (χ1n) is 25.6. The number of halogens is 3. The number of hydrogen-bond acceptors (Lipinski definition) is 16. The maximum absolute atomic E-state index is 14.6. The molecule has 2 saturated heterocycles. The molecule has 1 aromatic rings. The molecular weight excluding hydrogens is 1040 g/mol. The van der Waals surface area contributed by atoms with Crippen LogP contribution in [0.3, 0.4) is 0 Å². The molecule has 16 N–H and O–H groups in total. The van der Waals surface area contributed by atoms with Gasteiger partial charge in [0.05, 0.1) is 21.7 Å². The number of alkyl halides is 3. The lowest BCUT2D eigenvalue weighted by atomic mass is 9.96. The minimum atomic E-state index is -4.64. The molecule has 10 atom stereocenters. The summed E-state index contributed by atoms with van der Waals surface area (Å²) < 4.78 is 70.2. The van der Waals surface area contributed by atoms with Gasteiger partial charge in [-0.1, -0.05) is 67.8 Å². The number of aldehydes is 1. The van der Waals surface area contributed by atoms with Crippen LogP contribution in [0.15, 0.2) is 24.3 Å². The van der Waals surface area contributed by atoms with Gasteiger partial charge in [0, 0.05) is 35.0 Å². The summed E-state index contributed by atoms with van der Waals surface area (Å²) >= 11 is 0. The Morgan fingerprint density at radius 3 is 2.03 bits per heavy atom. The number of primary amides is 3. The smallest absolute Gasteiger partial charge is 0.446 e. The van der Waals surface area contributed by atoms with E-state index in [0.717, 1.165) is 26.5 Å². The number of phenols is 1. The normalized spacial score (nSPS) is 24.9. The van der Waals surface area contributed by atoms with Crippen LogP contribution in [0.25, 0.3) is 0 Å². The average Bonchev–Trinajstić information content (AvgIpc) is 3.86. The predicted octanol–water partition coefficient (Wildman–Crippen LogP) is -2.86. The first-order valence-corrected chi connectivity index (χ1v) is 25.6. The average molecular weight is 1110 g/mol. The molecule has 25 nitrogen and oxygen atoms in total. The van der Waals surface area contributed by atoms with Crippen molar-refractivity contribution < 1.29 is 82.7 Å². The summed E-state index contributed by atoms with van der Waals surface area (Å²) in [5.74, 6) is -14.1. The van der Waals surface area contributed by atoms with Crippen molar-refractivity contribution in [2.45, 2.75) is 134 Å². The van der Waals surface area contributed by atoms with E-state index in [1.807, 2.05) is 0 Å². The maximum atomic E-state index is 14.6. The second-order valence-corrected chi connectivity index (χ2v) is 19.9. The lowest BCUT2D eigenvalue weighted by molar-refractivity contribution is -0.156. The van der Waals surface area contributed by atoms with Crippen molar-refractivity contribution in [3.05, 3.63) is 29.8 Å². The Labute approximate surface area is 445 Å². The molecule has 0 radical (unpaired) electrons. The highest BCUT2D eigenvalue weighted by Gasteiger charge is 2.41. The molecule has 1 aromatic carbocycles. The number of likely N-dealkylation sites (tertiary alicyclic amines) is 1. The van der Waals surface area contributed by atoms with Gasteiger partial charge in [-0.15, -0.1) is 0 Å². The van der Waals surface area contributed by atoms with E-state index in [0.29, 0.717) is 12.0 Å². The molecule has 2 aliphatic rings. The van der Waals surface area contributed by atoms with E-state index < -0.39 is 177 Å². The van der Waals surface area contributed by atoms with Gasteiger partial charge >= 0.3 is 6.18 Å². The number of carbonyl (C=O) groups is 12. The second kappa shape index (κ2) is 31.3. The van der Waals surface area contributed by atoms with Crippen molar-refractivity contribution in [2.75, 3.05) is 24.5 Å². The van der Waals surface area contributed by atoms with Gasteiger partial charge < -0.3 is 70.2 Å². The van der Waals surface area contributed by atoms with E-state index in [2.05, 4.69) is 31.9 Å². The molecule has 2 aliphatic heterocycles. The van der Waals surface area contributed by atoms with Gasteiger partial charge in [-0.3, -0.25) is 57.5 Å². The summed E-state index contributed by atoms with van der Waals surface area (Å²) in [6.07, 6.45) is -7.76. The van der Waals surface area contributed by atoms with E-state index in [9.17, 15) is 71.0 Å². The van der Waals surface area contributed by atoms with Crippen LogP contribution in [0.5, 0.6) is 5.75 Å². The summed E-state index contributed by atoms with van der Waals surface area (Å²) in [4.78, 5) is 158. The van der Waals surface area contributed by atoms with Crippen molar-refractivity contribution in [3.63, 3.8) is 0 Å². The predicted molar refractivity (Wildman–Crippen MR) is 266 cm³/mol. The SMILES string of the molecule is O=CC(F)(F)F.[2H]C([2H])(NC(=O)[C@@H](CC(C)C([2H])([2H])[2H])NC(=O)[C@@H]1CCCN1C(=O)C1CSSC[C@H](N)C(=O)N[C@@H](Cc2ccc(O)cc2)C(=O)N[C@@H]([C@@H](C)CC)C(=O)N[C@@H](CCC(N)=O)C(=O)N[C@@H](CC(N)=O)C(=O)N1)C(N)=O. The van der Waals surface area contributed by atoms with Gasteiger partial charge in [-0.25, -0.2) is 0 Å². The highest BCUT2D eigenvalue weighted by molar-refractivity contribution is 8.76. The van der Waals surface area contributed by atoms with Crippen LogP contribution in [-0.4, -0.2) is 160 Å². The molecule has 0 aromatic heterocycles. The number of nitrogens with one attached hydrogen (secondary N) is 7. The third-order valence-electron chi connectivity index (χ3n) is 11.2. The fourth-order valence-corrected chi connectivity index (χ4v) is 9.42. The minimum absolute atomic E-state index is 0.0300. The number of amides is 11. The van der Waals surface area contributed by atoms with E-state index >= 15 is 0 Å². The van der Waals surface area contributed by atoms with Gasteiger partial charge in [-0.05, 0) is 55.2 Å². The molecule has 0 aliphatic carbocycles. The largest absolute Gasteiger partial charge is 0.508 e. The highest BCUT2D eigenvalue weighted by atomic mass is 33.1. The lowest BCUT2D eigenvalue weighted by Crippen LogP contribution is -2.61. The van der Waals surface area contributed by atoms with Gasteiger partial charge in [0.15, 0.2) is 0 Å².